The van der Waals surface area contributed by atoms with Gasteiger partial charge in [-0.05, 0) is 69.4 Å². The van der Waals surface area contributed by atoms with E-state index in [-0.39, 0.29) is 18.2 Å². The van der Waals surface area contributed by atoms with Crippen LogP contribution in [0.3, 0.4) is 0 Å². The number of halogens is 1. The van der Waals surface area contributed by atoms with Crippen molar-refractivity contribution in [2.24, 2.45) is 0 Å². The Morgan fingerprint density at radius 2 is 1.55 bits per heavy atom. The number of unbranched alkanes of at least 4 members (excludes halogenated alkanes) is 1. The zero-order valence-corrected chi connectivity index (χ0v) is 26.1. The van der Waals surface area contributed by atoms with Crippen LogP contribution >= 0.6 is 11.6 Å². The van der Waals surface area contributed by atoms with E-state index in [0.717, 1.165) is 23.1 Å². The zero-order chi connectivity index (χ0) is 30.9. The number of carbonyl (C=O) groups excluding carboxylic acids is 3. The monoisotopic (exact) mass is 591 g/mol. The third-order valence-electron chi connectivity index (χ3n) is 6.82. The lowest BCUT2D eigenvalue weighted by atomic mass is 9.96. The van der Waals surface area contributed by atoms with Crippen LogP contribution < -0.4 is 10.6 Å². The highest BCUT2D eigenvalue weighted by Gasteiger charge is 2.37. The minimum Gasteiger partial charge on any atom is -0.444 e. The summed E-state index contributed by atoms with van der Waals surface area (Å²) in [6, 6.07) is 20.4. The molecule has 2 N–H and O–H groups in total. The van der Waals surface area contributed by atoms with Crippen molar-refractivity contribution in [2.75, 3.05) is 11.9 Å². The fourth-order valence-corrected chi connectivity index (χ4v) is 4.99. The van der Waals surface area contributed by atoms with Crippen LogP contribution in [0.25, 0.3) is 0 Å². The molecule has 0 bridgehead atoms. The summed E-state index contributed by atoms with van der Waals surface area (Å²) in [7, 11) is 0. The van der Waals surface area contributed by atoms with Gasteiger partial charge in [0.1, 0.15) is 17.7 Å². The summed E-state index contributed by atoms with van der Waals surface area (Å²) in [6.45, 7) is 11.4. The number of alkyl carbamates (subject to hydrolysis) is 1. The molecule has 0 aliphatic heterocycles. The highest BCUT2D eigenvalue weighted by atomic mass is 35.5. The number of para-hydroxylation sites is 1. The summed E-state index contributed by atoms with van der Waals surface area (Å²) in [5.74, 6) is -0.766. The van der Waals surface area contributed by atoms with Crippen molar-refractivity contribution in [3.8, 4) is 0 Å². The van der Waals surface area contributed by atoms with E-state index in [9.17, 15) is 14.4 Å². The number of ether oxygens (including phenoxy) is 1. The number of amides is 3. The average molecular weight is 592 g/mol. The second-order valence-electron chi connectivity index (χ2n) is 11.5. The molecule has 0 saturated heterocycles. The predicted molar refractivity (Wildman–Crippen MR) is 169 cm³/mol. The molecule has 2 atom stereocenters. The highest BCUT2D eigenvalue weighted by Crippen LogP contribution is 2.31. The van der Waals surface area contributed by atoms with Crippen LogP contribution in [0.1, 0.15) is 68.8 Å². The standard InChI is InChI=1S/C34H42ClN3O4/c1-7-8-21-38(32(40)28(22-25-17-10-9-11-18-25)36-33(41)42-34(4,5)6)30(26-19-13-12-15-23(26)2)31(39)37-29-24(3)16-14-20-27(29)35/h9-20,28,30H,7-8,21-22H2,1-6H3,(H,36,41)(H,37,39). The summed E-state index contributed by atoms with van der Waals surface area (Å²) in [5, 5.41) is 6.21. The number of hydrogen-bond acceptors (Lipinski definition) is 4. The van der Waals surface area contributed by atoms with Crippen molar-refractivity contribution in [3.63, 3.8) is 0 Å². The lowest BCUT2D eigenvalue weighted by Gasteiger charge is -2.35. The van der Waals surface area contributed by atoms with Crippen molar-refractivity contribution in [1.29, 1.82) is 0 Å². The van der Waals surface area contributed by atoms with Crippen molar-refractivity contribution in [2.45, 2.75) is 78.5 Å². The largest absolute Gasteiger partial charge is 0.444 e. The molecule has 3 aromatic carbocycles. The minimum atomic E-state index is -0.973. The number of nitrogens with zero attached hydrogens (tertiary/aromatic N) is 1. The second-order valence-corrected chi connectivity index (χ2v) is 11.9. The Hall–Kier alpha value is -3.84. The third kappa shape index (κ3) is 9.08. The van der Waals surface area contributed by atoms with E-state index < -0.39 is 23.8 Å². The van der Waals surface area contributed by atoms with Gasteiger partial charge >= 0.3 is 6.09 Å². The summed E-state index contributed by atoms with van der Waals surface area (Å²) in [4.78, 5) is 43.2. The Labute approximate surface area is 254 Å². The number of rotatable bonds is 11. The fourth-order valence-electron chi connectivity index (χ4n) is 4.72. The Balaban J connectivity index is 2.09. The topological polar surface area (TPSA) is 87.7 Å². The van der Waals surface area contributed by atoms with Crippen molar-refractivity contribution < 1.29 is 19.1 Å². The first-order valence-corrected chi connectivity index (χ1v) is 14.7. The molecule has 7 nitrogen and oxygen atoms in total. The molecule has 42 heavy (non-hydrogen) atoms. The maximum absolute atomic E-state index is 14.5. The molecular formula is C34H42ClN3O4. The summed E-state index contributed by atoms with van der Waals surface area (Å²) < 4.78 is 5.52. The van der Waals surface area contributed by atoms with Gasteiger partial charge in [0.15, 0.2) is 0 Å². The van der Waals surface area contributed by atoms with E-state index in [4.69, 9.17) is 16.3 Å². The molecule has 2 unspecified atom stereocenters. The molecule has 0 heterocycles. The molecule has 0 aliphatic carbocycles. The van der Waals surface area contributed by atoms with E-state index in [1.54, 1.807) is 31.7 Å². The molecule has 3 aromatic rings. The molecule has 0 aliphatic rings. The number of carbonyl (C=O) groups is 3. The summed E-state index contributed by atoms with van der Waals surface area (Å²) >= 11 is 6.48. The maximum Gasteiger partial charge on any atom is 0.408 e. The van der Waals surface area contributed by atoms with Gasteiger partial charge in [-0.1, -0.05) is 91.7 Å². The molecule has 0 radical (unpaired) electrons. The Bertz CT molecular complexity index is 1350. The molecule has 0 spiro atoms. The van der Waals surface area contributed by atoms with Gasteiger partial charge in [-0.15, -0.1) is 0 Å². The van der Waals surface area contributed by atoms with Gasteiger partial charge in [0, 0.05) is 13.0 Å². The normalized spacial score (nSPS) is 12.6. The summed E-state index contributed by atoms with van der Waals surface area (Å²) in [5.41, 5.74) is 2.98. The first kappa shape index (κ1) is 32.7. The number of aryl methyl sites for hydroxylation is 2. The van der Waals surface area contributed by atoms with Crippen LogP contribution in [-0.4, -0.2) is 41.0 Å². The van der Waals surface area contributed by atoms with E-state index in [2.05, 4.69) is 10.6 Å². The van der Waals surface area contributed by atoms with E-state index >= 15 is 0 Å². The number of hydrogen-bond donors (Lipinski definition) is 2. The maximum atomic E-state index is 14.5. The molecule has 8 heteroatoms. The zero-order valence-electron chi connectivity index (χ0n) is 25.4. The van der Waals surface area contributed by atoms with Crippen LogP contribution in [0.5, 0.6) is 0 Å². The third-order valence-corrected chi connectivity index (χ3v) is 7.14. The van der Waals surface area contributed by atoms with Crippen molar-refractivity contribution in [3.05, 3.63) is 100 Å². The van der Waals surface area contributed by atoms with E-state index in [1.807, 2.05) is 87.5 Å². The summed E-state index contributed by atoms with van der Waals surface area (Å²) in [6.07, 6.45) is 0.999. The van der Waals surface area contributed by atoms with Crippen LogP contribution in [0.2, 0.25) is 5.02 Å². The fraction of sp³-hybridized carbons (Fsp3) is 0.382. The molecule has 0 fully saturated rings. The highest BCUT2D eigenvalue weighted by molar-refractivity contribution is 6.34. The number of benzene rings is 3. The van der Waals surface area contributed by atoms with Crippen molar-refractivity contribution in [1.82, 2.24) is 10.2 Å². The van der Waals surface area contributed by atoms with Crippen LogP contribution in [-0.2, 0) is 20.7 Å². The number of anilines is 1. The molecule has 3 amide bonds. The van der Waals surface area contributed by atoms with E-state index in [1.165, 1.54) is 0 Å². The Morgan fingerprint density at radius 3 is 2.17 bits per heavy atom. The van der Waals surface area contributed by atoms with Gasteiger partial charge < -0.3 is 20.3 Å². The Morgan fingerprint density at radius 1 is 0.905 bits per heavy atom. The van der Waals surface area contributed by atoms with Gasteiger partial charge in [0.05, 0.1) is 10.7 Å². The van der Waals surface area contributed by atoms with Gasteiger partial charge in [-0.2, -0.15) is 0 Å². The molecule has 224 valence electrons. The quantitative estimate of drug-likeness (QED) is 0.243. The number of nitrogens with one attached hydrogen (secondary N) is 2. The van der Waals surface area contributed by atoms with Gasteiger partial charge in [0.25, 0.3) is 5.91 Å². The minimum absolute atomic E-state index is 0.229. The lowest BCUT2D eigenvalue weighted by molar-refractivity contribution is -0.140. The van der Waals surface area contributed by atoms with Gasteiger partial charge in [-0.3, -0.25) is 9.59 Å². The Kier molecular flexibility index (Phi) is 11.6. The van der Waals surface area contributed by atoms with Gasteiger partial charge in [-0.25, -0.2) is 4.79 Å². The SMILES string of the molecule is CCCCN(C(=O)C(Cc1ccccc1)NC(=O)OC(C)(C)C)C(C(=O)Nc1c(C)cccc1Cl)c1ccccc1C. The van der Waals surface area contributed by atoms with Crippen LogP contribution in [0, 0.1) is 13.8 Å². The molecule has 3 rings (SSSR count). The smallest absolute Gasteiger partial charge is 0.408 e. The molecule has 0 saturated carbocycles. The van der Waals surface area contributed by atoms with Crippen LogP contribution in [0.4, 0.5) is 10.5 Å². The van der Waals surface area contributed by atoms with E-state index in [0.29, 0.717) is 29.2 Å². The second kappa shape index (κ2) is 14.9. The first-order chi connectivity index (χ1) is 19.9. The molecule has 0 aromatic heterocycles. The average Bonchev–Trinajstić information content (AvgIpc) is 2.92. The van der Waals surface area contributed by atoms with Crippen LogP contribution in [0.15, 0.2) is 72.8 Å². The predicted octanol–water partition coefficient (Wildman–Crippen LogP) is 7.40. The van der Waals surface area contributed by atoms with Gasteiger partial charge in [0.2, 0.25) is 5.91 Å². The first-order valence-electron chi connectivity index (χ1n) is 14.4. The van der Waals surface area contributed by atoms with Crippen molar-refractivity contribution >= 4 is 35.2 Å². The lowest BCUT2D eigenvalue weighted by Crippen LogP contribution is -2.53. The molecular weight excluding hydrogens is 550 g/mol.